The molecule has 7 atom stereocenters. The average molecular weight is 429 g/mol. The van der Waals surface area contributed by atoms with Gasteiger partial charge in [0.1, 0.15) is 5.60 Å². The zero-order valence-electron chi connectivity index (χ0n) is 18.4. The molecule has 4 rings (SSSR count). The van der Waals surface area contributed by atoms with Gasteiger partial charge in [-0.3, -0.25) is 9.35 Å². The van der Waals surface area contributed by atoms with Crippen molar-refractivity contribution in [1.82, 2.24) is 0 Å². The van der Waals surface area contributed by atoms with Gasteiger partial charge in [0.05, 0.1) is 6.10 Å². The molecule has 1 aliphatic heterocycles. The first-order valence-electron chi connectivity index (χ1n) is 11.1. The van der Waals surface area contributed by atoms with E-state index in [1.807, 2.05) is 0 Å². The van der Waals surface area contributed by atoms with Crippen molar-refractivity contribution in [2.45, 2.75) is 97.7 Å². The molecule has 3 saturated carbocycles. The highest BCUT2D eigenvalue weighted by Crippen LogP contribution is 2.71. The number of hydrogen-bond acceptors (Lipinski definition) is 5. The summed E-state index contributed by atoms with van der Waals surface area (Å²) in [5.74, 6) is 1.15. The van der Waals surface area contributed by atoms with Crippen LogP contribution in [0.25, 0.3) is 0 Å². The molecule has 1 unspecified atom stereocenters. The summed E-state index contributed by atoms with van der Waals surface area (Å²) in [5, 5.41) is 0. The van der Waals surface area contributed by atoms with Crippen LogP contribution in [0.4, 0.5) is 0 Å². The molecule has 166 valence electrons. The highest BCUT2D eigenvalue weighted by molar-refractivity contribution is 7.80. The quantitative estimate of drug-likeness (QED) is 0.524. The van der Waals surface area contributed by atoms with E-state index in [2.05, 4.69) is 34.6 Å². The Morgan fingerprint density at radius 3 is 2.07 bits per heavy atom. The monoisotopic (exact) mass is 428 g/mol. The van der Waals surface area contributed by atoms with Crippen LogP contribution >= 0.6 is 0 Å². The zero-order valence-corrected chi connectivity index (χ0v) is 19.2. The van der Waals surface area contributed by atoms with Gasteiger partial charge in [-0.1, -0.05) is 27.7 Å². The van der Waals surface area contributed by atoms with E-state index in [0.29, 0.717) is 30.6 Å². The third-order valence-electron chi connectivity index (χ3n) is 9.72. The molecule has 0 aromatic heterocycles. The van der Waals surface area contributed by atoms with Gasteiger partial charge in [-0.25, -0.2) is 4.18 Å². The van der Waals surface area contributed by atoms with Crippen LogP contribution in [-0.4, -0.2) is 30.6 Å². The number of fused-ring (bicyclic) bond motifs is 3. The van der Waals surface area contributed by atoms with E-state index in [1.54, 1.807) is 0 Å². The number of hydrogen-bond donors (Lipinski definition) is 1. The van der Waals surface area contributed by atoms with Crippen molar-refractivity contribution in [3.8, 4) is 0 Å². The summed E-state index contributed by atoms with van der Waals surface area (Å²) in [4.78, 5) is 11.9. The van der Waals surface area contributed by atoms with Gasteiger partial charge in [0.2, 0.25) is 0 Å². The Morgan fingerprint density at radius 2 is 1.48 bits per heavy atom. The van der Waals surface area contributed by atoms with E-state index in [0.717, 1.165) is 38.5 Å². The van der Waals surface area contributed by atoms with Gasteiger partial charge in [0.25, 0.3) is 0 Å². The van der Waals surface area contributed by atoms with Crippen molar-refractivity contribution in [3.05, 3.63) is 0 Å². The summed E-state index contributed by atoms with van der Waals surface area (Å²) in [6.45, 7) is 11.1. The fraction of sp³-hybridized carbons (Fsp3) is 0.955. The fourth-order valence-corrected chi connectivity index (χ4v) is 9.22. The lowest BCUT2D eigenvalue weighted by Gasteiger charge is -2.63. The predicted molar refractivity (Wildman–Crippen MR) is 108 cm³/mol. The molecule has 0 spiro atoms. The smallest absolute Gasteiger partial charge is 0.397 e. The largest absolute Gasteiger partial charge is 0.459 e. The first-order valence-corrected chi connectivity index (χ1v) is 12.5. The molecular formula is C22H36O6S. The number of ether oxygens (including phenoxy) is 1. The molecule has 1 heterocycles. The van der Waals surface area contributed by atoms with Crippen molar-refractivity contribution in [1.29, 1.82) is 0 Å². The van der Waals surface area contributed by atoms with Crippen LogP contribution in [0.3, 0.4) is 0 Å². The van der Waals surface area contributed by atoms with Gasteiger partial charge in [-0.15, -0.1) is 0 Å². The van der Waals surface area contributed by atoms with Crippen LogP contribution in [0.1, 0.15) is 86.0 Å². The second kappa shape index (κ2) is 6.42. The molecule has 29 heavy (non-hydrogen) atoms. The van der Waals surface area contributed by atoms with Crippen LogP contribution in [0.2, 0.25) is 0 Å². The van der Waals surface area contributed by atoms with Gasteiger partial charge >= 0.3 is 16.4 Å². The molecule has 0 aromatic rings. The highest BCUT2D eigenvalue weighted by Gasteiger charge is 2.67. The number of esters is 1. The zero-order chi connectivity index (χ0) is 21.5. The van der Waals surface area contributed by atoms with Crippen molar-refractivity contribution < 1.29 is 26.7 Å². The molecule has 1 N–H and O–H groups in total. The summed E-state index contributed by atoms with van der Waals surface area (Å²) < 4.78 is 43.1. The highest BCUT2D eigenvalue weighted by atomic mass is 32.3. The molecule has 7 heteroatoms. The Hall–Kier alpha value is -0.660. The Morgan fingerprint density at radius 1 is 0.897 bits per heavy atom. The van der Waals surface area contributed by atoms with Crippen molar-refractivity contribution >= 4 is 16.4 Å². The maximum absolute atomic E-state index is 11.9. The standard InChI is InChI=1S/C22H36O6S/c1-19(2)14-8-11-21(4)15(6-7-16(21)22(5)13-10-18(23)27-22)20(14,3)12-9-17(19)28-29(24,25)26/h14-17H,6-13H2,1-5H3,(H,24,25,26)/t14-,15?,16-,17-,20-,21+,22-/m0/s1. The van der Waals surface area contributed by atoms with E-state index in [4.69, 9.17) is 8.92 Å². The van der Waals surface area contributed by atoms with Crippen LogP contribution in [0.15, 0.2) is 0 Å². The lowest BCUT2D eigenvalue weighted by atomic mass is 9.42. The van der Waals surface area contributed by atoms with Gasteiger partial charge in [0, 0.05) is 12.3 Å². The normalized spacial score (nSPS) is 49.4. The summed E-state index contributed by atoms with van der Waals surface area (Å²) in [7, 11) is -4.46. The maximum Gasteiger partial charge on any atom is 0.397 e. The van der Waals surface area contributed by atoms with Crippen LogP contribution in [0, 0.1) is 34.0 Å². The Balaban J connectivity index is 1.63. The number of carbonyl (C=O) groups is 1. The third kappa shape index (κ3) is 3.18. The van der Waals surface area contributed by atoms with E-state index in [9.17, 15) is 17.8 Å². The molecule has 0 radical (unpaired) electrons. The minimum atomic E-state index is -4.46. The molecule has 0 amide bonds. The van der Waals surface area contributed by atoms with Crippen LogP contribution in [-0.2, 0) is 24.1 Å². The summed E-state index contributed by atoms with van der Waals surface area (Å²) in [6.07, 6.45) is 6.63. The first-order chi connectivity index (χ1) is 13.2. The molecule has 4 fully saturated rings. The second-order valence-corrected chi connectivity index (χ2v) is 12.5. The molecular weight excluding hydrogens is 392 g/mol. The van der Waals surface area contributed by atoms with E-state index >= 15 is 0 Å². The number of rotatable bonds is 3. The molecule has 4 aliphatic rings. The molecule has 1 saturated heterocycles. The average Bonchev–Trinajstić information content (AvgIpc) is 3.10. The van der Waals surface area contributed by atoms with Gasteiger partial charge in [-0.05, 0) is 80.0 Å². The van der Waals surface area contributed by atoms with Crippen LogP contribution in [0.5, 0.6) is 0 Å². The fourth-order valence-electron chi connectivity index (χ4n) is 8.58. The predicted octanol–water partition coefficient (Wildman–Crippen LogP) is 4.54. The van der Waals surface area contributed by atoms with E-state index in [1.165, 1.54) is 0 Å². The Bertz CT molecular complexity index is 806. The number of cyclic esters (lactones) is 1. The van der Waals surface area contributed by atoms with Crippen molar-refractivity contribution in [2.75, 3.05) is 0 Å². The Kier molecular flexibility index (Phi) is 4.78. The van der Waals surface area contributed by atoms with Crippen molar-refractivity contribution in [3.63, 3.8) is 0 Å². The van der Waals surface area contributed by atoms with E-state index < -0.39 is 16.5 Å². The number of carbonyl (C=O) groups excluding carboxylic acids is 1. The molecule has 0 bridgehead atoms. The van der Waals surface area contributed by atoms with Gasteiger partial charge in [0.15, 0.2) is 0 Å². The first kappa shape index (κ1) is 21.6. The minimum Gasteiger partial charge on any atom is -0.459 e. The maximum atomic E-state index is 11.9. The summed E-state index contributed by atoms with van der Waals surface area (Å²) in [5.41, 5.74) is -0.489. The lowest BCUT2D eigenvalue weighted by Crippen LogP contribution is -2.59. The Labute approximate surface area is 175 Å². The SMILES string of the molecule is CC1(C)[C@@H](OS(=O)(=O)O)CC[C@]2(C)C3CC[C@H]([C@]4(C)CCC(=O)O4)[C@]3(C)CC[C@@H]12. The summed E-state index contributed by atoms with van der Waals surface area (Å²) >= 11 is 0. The van der Waals surface area contributed by atoms with Gasteiger partial charge < -0.3 is 4.74 Å². The topological polar surface area (TPSA) is 89.9 Å². The van der Waals surface area contributed by atoms with Crippen LogP contribution < -0.4 is 0 Å². The minimum absolute atomic E-state index is 0.0662. The second-order valence-electron chi connectivity index (χ2n) is 11.4. The lowest BCUT2D eigenvalue weighted by molar-refractivity contribution is -0.181. The molecule has 6 nitrogen and oxygen atoms in total. The van der Waals surface area contributed by atoms with E-state index in [-0.39, 0.29) is 27.8 Å². The van der Waals surface area contributed by atoms with Crippen molar-refractivity contribution in [2.24, 2.45) is 34.0 Å². The molecule has 3 aliphatic carbocycles. The molecule has 0 aromatic carbocycles. The third-order valence-corrected chi connectivity index (χ3v) is 10.2. The summed E-state index contributed by atoms with van der Waals surface area (Å²) in [6, 6.07) is 0. The van der Waals surface area contributed by atoms with Gasteiger partial charge in [-0.2, -0.15) is 8.42 Å².